The van der Waals surface area contributed by atoms with Gasteiger partial charge in [-0.2, -0.15) is 0 Å². The van der Waals surface area contributed by atoms with Crippen molar-refractivity contribution in [3.05, 3.63) is 81.5 Å². The number of likely N-dealkylation sites (tertiary alicyclic amines) is 1. The fourth-order valence-electron chi connectivity index (χ4n) is 5.28. The molecule has 2 aromatic carbocycles. The molecule has 0 radical (unpaired) electrons. The van der Waals surface area contributed by atoms with Crippen molar-refractivity contribution in [3.63, 3.8) is 0 Å². The molecule has 2 aliphatic rings. The van der Waals surface area contributed by atoms with E-state index in [0.717, 1.165) is 23.8 Å². The molecule has 1 N–H and O–H groups in total. The maximum absolute atomic E-state index is 13.8. The van der Waals surface area contributed by atoms with Crippen LogP contribution in [0.3, 0.4) is 0 Å². The van der Waals surface area contributed by atoms with Crippen molar-refractivity contribution in [2.75, 3.05) is 19.6 Å². The third-order valence-corrected chi connectivity index (χ3v) is 7.30. The number of carbonyl (C=O) groups excluding carboxylic acids is 2. The molecule has 3 heterocycles. The van der Waals surface area contributed by atoms with Gasteiger partial charge in [0.25, 0.3) is 5.91 Å². The van der Waals surface area contributed by atoms with Crippen LogP contribution in [0.25, 0.3) is 11.0 Å². The van der Waals surface area contributed by atoms with Gasteiger partial charge >= 0.3 is 5.63 Å². The Kier molecular flexibility index (Phi) is 6.62. The third kappa shape index (κ3) is 5.04. The number of halogens is 1. The molecule has 0 aliphatic carbocycles. The lowest BCUT2D eigenvalue weighted by Gasteiger charge is -2.39. The highest BCUT2D eigenvalue weighted by atomic mass is 19.1. The van der Waals surface area contributed by atoms with E-state index in [2.05, 4.69) is 5.32 Å². The first-order chi connectivity index (χ1) is 17.3. The summed E-state index contributed by atoms with van der Waals surface area (Å²) in [6.07, 6.45) is 3.10. The smallest absolute Gasteiger partial charge is 0.336 e. The van der Waals surface area contributed by atoms with E-state index in [9.17, 15) is 18.8 Å². The number of carbonyl (C=O) groups is 2. The van der Waals surface area contributed by atoms with E-state index in [-0.39, 0.29) is 29.6 Å². The van der Waals surface area contributed by atoms with E-state index in [1.165, 1.54) is 18.2 Å². The summed E-state index contributed by atoms with van der Waals surface area (Å²) in [5, 5.41) is 3.56. The fraction of sp³-hybridized carbons (Fsp3) is 0.393. The summed E-state index contributed by atoms with van der Waals surface area (Å²) in [7, 11) is 0. The van der Waals surface area contributed by atoms with Gasteiger partial charge in [0.15, 0.2) is 0 Å². The van der Waals surface area contributed by atoms with E-state index < -0.39 is 17.3 Å². The van der Waals surface area contributed by atoms with Crippen molar-refractivity contribution >= 4 is 22.8 Å². The minimum Gasteiger partial charge on any atom is -0.423 e. The Hall–Kier alpha value is -3.52. The highest BCUT2D eigenvalue weighted by Crippen LogP contribution is 2.39. The molecule has 1 atom stereocenters. The van der Waals surface area contributed by atoms with E-state index in [4.69, 9.17) is 9.15 Å². The minimum absolute atomic E-state index is 0.0241. The Morgan fingerprint density at radius 3 is 2.67 bits per heavy atom. The molecule has 1 aromatic heterocycles. The maximum Gasteiger partial charge on any atom is 0.336 e. The Bertz CT molecular complexity index is 1360. The van der Waals surface area contributed by atoms with Crippen molar-refractivity contribution in [1.82, 2.24) is 10.2 Å². The topological polar surface area (TPSA) is 88.9 Å². The van der Waals surface area contributed by atoms with Crippen molar-refractivity contribution in [2.45, 2.75) is 50.7 Å². The van der Waals surface area contributed by atoms with Gasteiger partial charge in [-0.1, -0.05) is 24.3 Å². The molecule has 7 nitrogen and oxygen atoms in total. The average molecular weight is 493 g/mol. The van der Waals surface area contributed by atoms with Crippen LogP contribution in [-0.2, 0) is 16.0 Å². The first-order valence-electron chi connectivity index (χ1n) is 12.3. The quantitative estimate of drug-likeness (QED) is 0.548. The number of amides is 2. The largest absolute Gasteiger partial charge is 0.423 e. The van der Waals surface area contributed by atoms with Crippen LogP contribution in [-0.4, -0.2) is 48.1 Å². The standard InChI is InChI=1S/C28H29FN2O5/c1-18-6-7-21-19(16-26(33)35-24(21)14-18)15-25(32)31-12-10-28(11-13-31)9-8-20(36-28)17-30-27(34)22-4-2-3-5-23(22)29/h2-7,14,16,20H,8-13,15,17H2,1H3,(H,30,34)/t20-/m0/s1. The van der Waals surface area contributed by atoms with Gasteiger partial charge in [0, 0.05) is 31.1 Å². The summed E-state index contributed by atoms with van der Waals surface area (Å²) < 4.78 is 25.5. The Balaban J connectivity index is 1.15. The van der Waals surface area contributed by atoms with Gasteiger partial charge in [0.1, 0.15) is 11.4 Å². The first kappa shape index (κ1) is 24.2. The summed E-state index contributed by atoms with van der Waals surface area (Å²) in [6, 6.07) is 12.9. The van der Waals surface area contributed by atoms with E-state index >= 15 is 0 Å². The third-order valence-electron chi connectivity index (χ3n) is 7.30. The number of aryl methyl sites for hydroxylation is 1. The number of rotatable bonds is 5. The SMILES string of the molecule is Cc1ccc2c(CC(=O)N3CCC4(CC[C@@H](CNC(=O)c5ccccc5F)O4)CC3)cc(=O)oc2c1. The van der Waals surface area contributed by atoms with Gasteiger partial charge in [0.05, 0.1) is 23.7 Å². The summed E-state index contributed by atoms with van der Waals surface area (Å²) in [6.45, 7) is 3.39. The molecule has 8 heteroatoms. The molecule has 0 unspecified atom stereocenters. The zero-order valence-electron chi connectivity index (χ0n) is 20.2. The second-order valence-corrected chi connectivity index (χ2v) is 9.80. The molecular weight excluding hydrogens is 463 g/mol. The highest BCUT2D eigenvalue weighted by Gasteiger charge is 2.43. The molecule has 0 saturated carbocycles. The van der Waals surface area contributed by atoms with Gasteiger partial charge in [-0.25, -0.2) is 9.18 Å². The maximum atomic E-state index is 13.8. The van der Waals surface area contributed by atoms with E-state index in [1.54, 1.807) is 12.1 Å². The van der Waals surface area contributed by atoms with Crippen LogP contribution in [0, 0.1) is 12.7 Å². The number of hydrogen-bond acceptors (Lipinski definition) is 5. The average Bonchev–Trinajstić information content (AvgIpc) is 3.25. The first-order valence-corrected chi connectivity index (χ1v) is 12.3. The summed E-state index contributed by atoms with van der Waals surface area (Å²) >= 11 is 0. The van der Waals surface area contributed by atoms with Crippen LogP contribution in [0.4, 0.5) is 4.39 Å². The lowest BCUT2D eigenvalue weighted by Crippen LogP contribution is -2.47. The molecule has 188 valence electrons. The zero-order valence-corrected chi connectivity index (χ0v) is 20.2. The van der Waals surface area contributed by atoms with Gasteiger partial charge in [-0.05, 0) is 61.9 Å². The van der Waals surface area contributed by atoms with E-state index in [1.807, 2.05) is 30.0 Å². The number of hydrogen-bond donors (Lipinski definition) is 1. The van der Waals surface area contributed by atoms with Gasteiger partial charge in [0.2, 0.25) is 5.91 Å². The number of piperidine rings is 1. The van der Waals surface area contributed by atoms with Crippen molar-refractivity contribution < 1.29 is 23.1 Å². The number of nitrogens with zero attached hydrogens (tertiary/aromatic N) is 1. The van der Waals surface area contributed by atoms with Gasteiger partial charge < -0.3 is 19.4 Å². The normalized spacial score (nSPS) is 19.1. The Labute approximate surface area is 208 Å². The van der Waals surface area contributed by atoms with Crippen molar-refractivity contribution in [1.29, 1.82) is 0 Å². The lowest BCUT2D eigenvalue weighted by molar-refractivity contribution is -0.136. The second kappa shape index (κ2) is 9.85. The predicted octanol–water partition coefficient (Wildman–Crippen LogP) is 3.75. The monoisotopic (exact) mass is 492 g/mol. The molecule has 2 fully saturated rings. The van der Waals surface area contributed by atoms with Crippen LogP contribution in [0.5, 0.6) is 0 Å². The Morgan fingerprint density at radius 2 is 1.89 bits per heavy atom. The molecule has 3 aromatic rings. The molecule has 0 bridgehead atoms. The second-order valence-electron chi connectivity index (χ2n) is 9.80. The van der Waals surface area contributed by atoms with Crippen LogP contribution in [0.1, 0.15) is 47.2 Å². The number of benzene rings is 2. The van der Waals surface area contributed by atoms with Crippen molar-refractivity contribution in [2.24, 2.45) is 0 Å². The van der Waals surface area contributed by atoms with Crippen molar-refractivity contribution in [3.8, 4) is 0 Å². The number of fused-ring (bicyclic) bond motifs is 1. The van der Waals surface area contributed by atoms with Crippen LogP contribution in [0.15, 0.2) is 57.7 Å². The van der Waals surface area contributed by atoms with Gasteiger partial charge in [-0.3, -0.25) is 9.59 Å². The molecule has 2 aliphatic heterocycles. The van der Waals surface area contributed by atoms with Crippen LogP contribution in [0.2, 0.25) is 0 Å². The molecule has 2 amide bonds. The lowest BCUT2D eigenvalue weighted by atomic mass is 9.88. The Morgan fingerprint density at radius 1 is 1.11 bits per heavy atom. The summed E-state index contributed by atoms with van der Waals surface area (Å²) in [5.41, 5.74) is 1.42. The van der Waals surface area contributed by atoms with Crippen LogP contribution < -0.4 is 10.9 Å². The minimum atomic E-state index is -0.546. The molecule has 1 spiro atoms. The summed E-state index contributed by atoms with van der Waals surface area (Å²) in [5.74, 6) is -1.02. The van der Waals surface area contributed by atoms with E-state index in [0.29, 0.717) is 43.6 Å². The zero-order chi connectivity index (χ0) is 25.3. The summed E-state index contributed by atoms with van der Waals surface area (Å²) in [4.78, 5) is 39.2. The fourth-order valence-corrected chi connectivity index (χ4v) is 5.28. The van der Waals surface area contributed by atoms with Crippen LogP contribution >= 0.6 is 0 Å². The number of nitrogens with one attached hydrogen (secondary N) is 1. The predicted molar refractivity (Wildman–Crippen MR) is 132 cm³/mol. The molecule has 5 rings (SSSR count). The molecule has 36 heavy (non-hydrogen) atoms. The van der Waals surface area contributed by atoms with Gasteiger partial charge in [-0.15, -0.1) is 0 Å². The molecular formula is C28H29FN2O5. The highest BCUT2D eigenvalue weighted by molar-refractivity contribution is 5.94. The number of ether oxygens (including phenoxy) is 1. The molecule has 2 saturated heterocycles.